The summed E-state index contributed by atoms with van der Waals surface area (Å²) in [7, 11) is 1.29. The van der Waals surface area contributed by atoms with Gasteiger partial charge >= 0.3 is 18.2 Å². The molecule has 23 nitrogen and oxygen atoms in total. The van der Waals surface area contributed by atoms with Crippen molar-refractivity contribution >= 4 is 52.9 Å². The second kappa shape index (κ2) is 25.6. The Balaban J connectivity index is 0.818. The molecule has 0 saturated carbocycles. The van der Waals surface area contributed by atoms with Gasteiger partial charge in [-0.2, -0.15) is 0 Å². The minimum atomic E-state index is -2.42. The van der Waals surface area contributed by atoms with Crippen molar-refractivity contribution in [3.63, 3.8) is 0 Å². The van der Waals surface area contributed by atoms with Crippen LogP contribution in [0.5, 0.6) is 17.2 Å². The van der Waals surface area contributed by atoms with Crippen LogP contribution in [-0.4, -0.2) is 136 Å². The molecule has 1 heterocycles. The van der Waals surface area contributed by atoms with E-state index < -0.39 is 138 Å². The number of fused-ring (bicyclic) bond motifs is 6. The Morgan fingerprint density at radius 2 is 1.48 bits per heavy atom. The number of methoxy groups -OCH3 is 1. The number of hydrogen-bond acceptors (Lipinski definition) is 18. The van der Waals surface area contributed by atoms with Gasteiger partial charge in [0.2, 0.25) is 11.7 Å². The van der Waals surface area contributed by atoms with Gasteiger partial charge in [-0.3, -0.25) is 24.0 Å². The topological polar surface area (TPSA) is 358 Å². The number of rotatable bonds is 21. The number of alkyl carbamates (subject to hydrolysis) is 2. The standard InChI is InChI=1S/C62H67N5O18/c1-30(2)52(67-61(79)83-29-41-37-14-7-5-12-35(37)36-13-6-8-15-38(36)41)43(69)23-33(11-10-22-64-59(63)77)58(76)65-34-20-18-32(19-21-34)28-82-60(78)66-42-24-47(84-31(3)53(42)71)85-45-26-62(80,46(70)27-68)25-40-49(45)57(75)51-50(55(40)73)54(72)39-16-9-17-44(81-4)48(39)56(51)74/h5-9,12-21,30-31,33,41-42,45,47,52-53,68,71,73,75,80H,10-11,22-29H2,1-4H3,(H,65,76)(H,66,78)(H,67,79)(H3,63,64,77)/t31-,33?,42-,45-,47-,52-,53+,62-/m0/s1. The molecule has 0 spiro atoms. The van der Waals surface area contributed by atoms with Gasteiger partial charge in [0.1, 0.15) is 48.8 Å². The van der Waals surface area contributed by atoms with Gasteiger partial charge in [-0.1, -0.05) is 86.6 Å². The number of aliphatic hydroxyl groups excluding tert-OH is 2. The number of urea groups is 1. The summed E-state index contributed by atoms with van der Waals surface area (Å²) >= 11 is 0. The lowest BCUT2D eigenvalue weighted by atomic mass is 9.72. The van der Waals surface area contributed by atoms with Gasteiger partial charge in [0.15, 0.2) is 23.6 Å². The minimum Gasteiger partial charge on any atom is -0.507 e. The van der Waals surface area contributed by atoms with Crippen molar-refractivity contribution in [1.29, 1.82) is 0 Å². The Kier molecular flexibility index (Phi) is 18.3. The zero-order valence-corrected chi connectivity index (χ0v) is 47.0. The number of ether oxygens (including phenoxy) is 5. The highest BCUT2D eigenvalue weighted by Gasteiger charge is 2.51. The fraction of sp³-hybridized carbons (Fsp3) is 0.387. The normalized spacial score (nSPS) is 21.0. The predicted octanol–water partition coefficient (Wildman–Crippen LogP) is 5.49. The number of phenolic OH excluding ortho intramolecular Hbond substituents is 2. The molecular weight excluding hydrogens is 1100 g/mol. The minimum absolute atomic E-state index is 0.0254. The summed E-state index contributed by atoms with van der Waals surface area (Å²) in [6.45, 7) is 3.77. The molecule has 4 aliphatic rings. The van der Waals surface area contributed by atoms with E-state index in [-0.39, 0.29) is 78.9 Å². The molecule has 0 bridgehead atoms. The number of carbonyl (C=O) groups is 8. The van der Waals surface area contributed by atoms with E-state index in [0.717, 1.165) is 22.3 Å². The second-order valence-electron chi connectivity index (χ2n) is 22.0. The number of nitrogens with one attached hydrogen (secondary N) is 4. The molecule has 5 aromatic rings. The molecule has 448 valence electrons. The molecule has 3 aliphatic carbocycles. The van der Waals surface area contributed by atoms with Crippen LogP contribution in [-0.2, 0) is 46.4 Å². The Morgan fingerprint density at radius 1 is 0.824 bits per heavy atom. The summed E-state index contributed by atoms with van der Waals surface area (Å²) in [6.07, 6.45) is -8.46. The maximum absolute atomic E-state index is 14.1. The van der Waals surface area contributed by atoms with Crippen molar-refractivity contribution in [3.05, 3.63) is 141 Å². The van der Waals surface area contributed by atoms with E-state index in [2.05, 4.69) is 21.3 Å². The number of primary amides is 1. The number of nitrogens with two attached hydrogens (primary N) is 1. The summed E-state index contributed by atoms with van der Waals surface area (Å²) in [4.78, 5) is 107. The zero-order valence-electron chi connectivity index (χ0n) is 47.0. The maximum Gasteiger partial charge on any atom is 0.407 e. The monoisotopic (exact) mass is 1170 g/mol. The predicted molar refractivity (Wildman–Crippen MR) is 303 cm³/mol. The molecule has 1 unspecified atom stereocenters. The molecule has 23 heteroatoms. The van der Waals surface area contributed by atoms with Gasteiger partial charge in [0.25, 0.3) is 0 Å². The summed E-state index contributed by atoms with van der Waals surface area (Å²) < 4.78 is 28.8. The van der Waals surface area contributed by atoms with Gasteiger partial charge in [-0.05, 0) is 71.7 Å². The number of phenols is 2. The summed E-state index contributed by atoms with van der Waals surface area (Å²) in [5, 5.41) is 67.0. The van der Waals surface area contributed by atoms with Gasteiger partial charge < -0.3 is 76.2 Å². The lowest BCUT2D eigenvalue weighted by molar-refractivity contribution is -0.249. The molecule has 8 atom stereocenters. The lowest BCUT2D eigenvalue weighted by Gasteiger charge is -2.42. The van der Waals surface area contributed by atoms with Crippen LogP contribution >= 0.6 is 0 Å². The molecule has 11 N–H and O–H groups in total. The average molecular weight is 1170 g/mol. The first-order valence-corrected chi connectivity index (χ1v) is 27.9. The molecule has 0 radical (unpaired) electrons. The fourth-order valence-corrected chi connectivity index (χ4v) is 11.8. The quantitative estimate of drug-likeness (QED) is 0.0314. The highest BCUT2D eigenvalue weighted by Crippen LogP contribution is 2.53. The largest absolute Gasteiger partial charge is 0.507 e. The molecule has 1 aliphatic heterocycles. The zero-order chi connectivity index (χ0) is 61.0. The Hall–Kier alpha value is -8.74. The van der Waals surface area contributed by atoms with Crippen LogP contribution in [0.15, 0.2) is 91.0 Å². The SMILES string of the molecule is COc1cccc2c1C(=O)c1c(O)c3c(c(O)c1C2=O)C[C@@](O)(C(=O)CO)C[C@@H]3O[C@H]1C[C@H](NC(=O)OCc2ccc(NC(=O)C(CCCNC(N)=O)CC(=O)[C@@H](NC(=O)OCC3c4ccccc4-c4ccccc43)C(C)C)cc2)[C@H](O)[C@H](C)O1. The fourth-order valence-electron chi connectivity index (χ4n) is 11.8. The van der Waals surface area contributed by atoms with Crippen LogP contribution in [0.3, 0.4) is 0 Å². The van der Waals surface area contributed by atoms with E-state index in [1.54, 1.807) is 38.1 Å². The molecule has 5 aromatic carbocycles. The van der Waals surface area contributed by atoms with Gasteiger partial charge in [0.05, 0.1) is 48.1 Å². The lowest BCUT2D eigenvalue weighted by Crippen LogP contribution is -2.56. The van der Waals surface area contributed by atoms with Crippen molar-refractivity contribution in [1.82, 2.24) is 16.0 Å². The van der Waals surface area contributed by atoms with Crippen LogP contribution in [0.1, 0.15) is 125 Å². The van der Waals surface area contributed by atoms with E-state index in [9.17, 15) is 63.9 Å². The molecule has 1 saturated heterocycles. The number of aromatic hydroxyl groups is 2. The van der Waals surface area contributed by atoms with Crippen LogP contribution in [0.2, 0.25) is 0 Å². The second-order valence-corrected chi connectivity index (χ2v) is 22.0. The first-order valence-electron chi connectivity index (χ1n) is 27.9. The van der Waals surface area contributed by atoms with Crippen molar-refractivity contribution in [2.75, 3.05) is 32.2 Å². The number of ketones is 4. The first kappa shape index (κ1) is 60.8. The van der Waals surface area contributed by atoms with Crippen molar-refractivity contribution < 1.29 is 87.6 Å². The molecular formula is C62H67N5O18. The number of anilines is 1. The smallest absolute Gasteiger partial charge is 0.407 e. The molecule has 5 amide bonds. The first-order chi connectivity index (χ1) is 40.6. The number of hydrogen-bond donors (Lipinski definition) is 10. The summed E-state index contributed by atoms with van der Waals surface area (Å²) in [6, 6.07) is 23.5. The number of aliphatic hydroxyl groups is 3. The number of amides is 5. The van der Waals surface area contributed by atoms with Crippen molar-refractivity contribution in [2.45, 2.75) is 114 Å². The van der Waals surface area contributed by atoms with Gasteiger partial charge in [-0.15, -0.1) is 0 Å². The van der Waals surface area contributed by atoms with E-state index in [0.29, 0.717) is 17.7 Å². The van der Waals surface area contributed by atoms with Gasteiger partial charge in [0, 0.05) is 66.4 Å². The molecule has 0 aromatic heterocycles. The van der Waals surface area contributed by atoms with Crippen molar-refractivity contribution in [2.24, 2.45) is 17.6 Å². The van der Waals surface area contributed by atoms with E-state index in [1.807, 2.05) is 48.5 Å². The molecule has 85 heavy (non-hydrogen) atoms. The third kappa shape index (κ3) is 12.7. The van der Waals surface area contributed by atoms with Gasteiger partial charge in [-0.25, -0.2) is 14.4 Å². The highest BCUT2D eigenvalue weighted by atomic mass is 16.7. The van der Waals surface area contributed by atoms with E-state index in [4.69, 9.17) is 29.4 Å². The summed E-state index contributed by atoms with van der Waals surface area (Å²) in [5.41, 5.74) is 5.85. The number of benzene rings is 5. The Morgan fingerprint density at radius 3 is 2.13 bits per heavy atom. The van der Waals surface area contributed by atoms with Crippen LogP contribution in [0, 0.1) is 11.8 Å². The Bertz CT molecular complexity index is 3400. The van der Waals surface area contributed by atoms with Crippen LogP contribution in [0.4, 0.5) is 20.1 Å². The highest BCUT2D eigenvalue weighted by molar-refractivity contribution is 6.31. The van der Waals surface area contributed by atoms with E-state index in [1.165, 1.54) is 32.2 Å². The maximum atomic E-state index is 14.1. The molecule has 9 rings (SSSR count). The van der Waals surface area contributed by atoms with Crippen LogP contribution < -0.4 is 31.7 Å². The van der Waals surface area contributed by atoms with Crippen molar-refractivity contribution in [3.8, 4) is 28.4 Å². The molecule has 1 fully saturated rings. The average Bonchev–Trinajstić information content (AvgIpc) is 1.41. The van der Waals surface area contributed by atoms with E-state index >= 15 is 0 Å². The van der Waals surface area contributed by atoms with Crippen LogP contribution in [0.25, 0.3) is 11.1 Å². The third-order valence-corrected chi connectivity index (χ3v) is 16.1. The third-order valence-electron chi connectivity index (χ3n) is 16.1. The summed E-state index contributed by atoms with van der Waals surface area (Å²) in [5.74, 6) is -6.74. The number of Topliss-reactive ketones (excluding diaryl/α,β-unsaturated/α-hetero) is 2. The Labute approximate surface area is 488 Å². The number of carbonyl (C=O) groups excluding carboxylic acids is 8.